The number of ether oxygens (including phenoxy) is 1. The van der Waals surface area contributed by atoms with E-state index in [0.717, 1.165) is 90.0 Å². The number of hydrogen-bond donors (Lipinski definition) is 3. The number of anilines is 3. The van der Waals surface area contributed by atoms with Crippen molar-refractivity contribution in [2.24, 2.45) is 0 Å². The highest BCUT2D eigenvalue weighted by molar-refractivity contribution is 5.90. The van der Waals surface area contributed by atoms with Crippen molar-refractivity contribution in [3.63, 3.8) is 0 Å². The SMILES string of the molecule is Cc1c(-c2ccc3cnc(Nc4ccc(CN5CCN(C6CNC6)CC5)cc4)cc3c2)cnc2c1NCCO2. The highest BCUT2D eigenvalue weighted by Crippen LogP contribution is 2.36. The Hall–Kier alpha value is -3.72. The standard InChI is InChI=1S/C31H35N7O/c1-21-28(19-35-31-30(21)33-8-13-39-31)23-4-5-24-16-34-29(15-25(24)14-23)36-26-6-2-22(3-7-26)20-37-9-11-38(12-10-37)27-17-32-18-27/h2-7,14-16,19,27,32-33H,8-13,17-18,20H2,1H3,(H,34,36). The van der Waals surface area contributed by atoms with Gasteiger partial charge in [0, 0.05) is 87.4 Å². The van der Waals surface area contributed by atoms with E-state index in [2.05, 4.69) is 91.2 Å². The Labute approximate surface area is 229 Å². The van der Waals surface area contributed by atoms with Gasteiger partial charge in [-0.05, 0) is 53.3 Å². The first-order valence-electron chi connectivity index (χ1n) is 14.0. The monoisotopic (exact) mass is 521 g/mol. The Morgan fingerprint density at radius 3 is 2.59 bits per heavy atom. The molecule has 5 heterocycles. The summed E-state index contributed by atoms with van der Waals surface area (Å²) in [5.74, 6) is 1.53. The van der Waals surface area contributed by atoms with E-state index >= 15 is 0 Å². The van der Waals surface area contributed by atoms with E-state index in [-0.39, 0.29) is 0 Å². The number of rotatable bonds is 6. The van der Waals surface area contributed by atoms with Crippen molar-refractivity contribution in [1.29, 1.82) is 0 Å². The van der Waals surface area contributed by atoms with Crippen LogP contribution < -0.4 is 20.7 Å². The zero-order chi connectivity index (χ0) is 26.2. The molecule has 0 radical (unpaired) electrons. The number of hydrogen-bond acceptors (Lipinski definition) is 8. The molecule has 7 rings (SSSR count). The molecule has 2 fully saturated rings. The van der Waals surface area contributed by atoms with Crippen LogP contribution in [0.4, 0.5) is 17.2 Å². The molecule has 200 valence electrons. The number of nitrogens with zero attached hydrogens (tertiary/aromatic N) is 4. The van der Waals surface area contributed by atoms with Crippen LogP contribution in [0.1, 0.15) is 11.1 Å². The van der Waals surface area contributed by atoms with Crippen molar-refractivity contribution >= 4 is 28.0 Å². The smallest absolute Gasteiger partial charge is 0.237 e. The molecule has 3 aliphatic rings. The predicted molar refractivity (Wildman–Crippen MR) is 157 cm³/mol. The van der Waals surface area contributed by atoms with E-state index in [0.29, 0.717) is 12.5 Å². The normalized spacial score (nSPS) is 18.2. The largest absolute Gasteiger partial charge is 0.474 e. The van der Waals surface area contributed by atoms with Crippen LogP contribution in [0.2, 0.25) is 0 Å². The van der Waals surface area contributed by atoms with Crippen molar-refractivity contribution in [2.45, 2.75) is 19.5 Å². The Morgan fingerprint density at radius 2 is 1.79 bits per heavy atom. The van der Waals surface area contributed by atoms with E-state index in [1.54, 1.807) is 0 Å². The minimum Gasteiger partial charge on any atom is -0.474 e. The van der Waals surface area contributed by atoms with Crippen LogP contribution in [0.3, 0.4) is 0 Å². The van der Waals surface area contributed by atoms with Gasteiger partial charge >= 0.3 is 0 Å². The number of benzene rings is 2. The van der Waals surface area contributed by atoms with Crippen LogP contribution in [0.5, 0.6) is 5.88 Å². The van der Waals surface area contributed by atoms with E-state index < -0.39 is 0 Å². The van der Waals surface area contributed by atoms with Crippen LogP contribution in [-0.2, 0) is 6.54 Å². The van der Waals surface area contributed by atoms with Crippen LogP contribution >= 0.6 is 0 Å². The molecule has 0 aliphatic carbocycles. The van der Waals surface area contributed by atoms with Gasteiger partial charge in [0.05, 0.1) is 0 Å². The van der Waals surface area contributed by atoms with E-state index in [1.165, 1.54) is 18.7 Å². The molecule has 0 spiro atoms. The van der Waals surface area contributed by atoms with E-state index in [1.807, 2.05) is 12.4 Å². The summed E-state index contributed by atoms with van der Waals surface area (Å²) < 4.78 is 5.70. The van der Waals surface area contributed by atoms with Gasteiger partial charge in [-0.2, -0.15) is 0 Å². The fraction of sp³-hybridized carbons (Fsp3) is 0.355. The molecular formula is C31H35N7O. The molecule has 39 heavy (non-hydrogen) atoms. The quantitative estimate of drug-likeness (QED) is 0.348. The molecule has 3 N–H and O–H groups in total. The average Bonchev–Trinajstić information content (AvgIpc) is 2.94. The molecule has 0 atom stereocenters. The topological polar surface area (TPSA) is 77.6 Å². The third-order valence-electron chi connectivity index (χ3n) is 8.29. The fourth-order valence-electron chi connectivity index (χ4n) is 5.81. The number of fused-ring (bicyclic) bond motifs is 2. The predicted octanol–water partition coefficient (Wildman–Crippen LogP) is 4.24. The molecule has 0 amide bonds. The summed E-state index contributed by atoms with van der Waals surface area (Å²) in [5, 5.41) is 12.6. The molecule has 3 aliphatic heterocycles. The van der Waals surface area contributed by atoms with Crippen molar-refractivity contribution in [3.05, 3.63) is 72.1 Å². The lowest BCUT2D eigenvalue weighted by Crippen LogP contribution is -2.61. The summed E-state index contributed by atoms with van der Waals surface area (Å²) in [5.41, 5.74) is 6.79. The van der Waals surface area contributed by atoms with Gasteiger partial charge in [0.25, 0.3) is 0 Å². The number of aromatic nitrogens is 2. The van der Waals surface area contributed by atoms with E-state index in [4.69, 9.17) is 4.74 Å². The molecular weight excluding hydrogens is 486 g/mol. The lowest BCUT2D eigenvalue weighted by atomic mass is 9.99. The van der Waals surface area contributed by atoms with Crippen molar-refractivity contribution in [2.75, 3.05) is 63.1 Å². The molecule has 8 heteroatoms. The average molecular weight is 522 g/mol. The van der Waals surface area contributed by atoms with Gasteiger partial charge in [-0.1, -0.05) is 24.3 Å². The third-order valence-corrected chi connectivity index (χ3v) is 8.29. The second kappa shape index (κ2) is 10.4. The van der Waals surface area contributed by atoms with Gasteiger partial charge in [-0.15, -0.1) is 0 Å². The lowest BCUT2D eigenvalue weighted by molar-refractivity contribution is 0.0696. The van der Waals surface area contributed by atoms with Gasteiger partial charge in [-0.3, -0.25) is 9.80 Å². The molecule has 2 aromatic carbocycles. The molecule has 0 unspecified atom stereocenters. The molecule has 4 aromatic rings. The summed E-state index contributed by atoms with van der Waals surface area (Å²) in [6.45, 7) is 11.5. The van der Waals surface area contributed by atoms with Crippen molar-refractivity contribution in [3.8, 4) is 17.0 Å². The Balaban J connectivity index is 1.03. The van der Waals surface area contributed by atoms with Crippen LogP contribution in [0, 0.1) is 6.92 Å². The Kier molecular flexibility index (Phi) is 6.52. The van der Waals surface area contributed by atoms with E-state index in [9.17, 15) is 0 Å². The minimum atomic E-state index is 0.649. The summed E-state index contributed by atoms with van der Waals surface area (Å²) in [6.07, 6.45) is 3.85. The summed E-state index contributed by atoms with van der Waals surface area (Å²) in [4.78, 5) is 14.4. The first-order chi connectivity index (χ1) is 19.2. The number of nitrogens with one attached hydrogen (secondary N) is 3. The maximum Gasteiger partial charge on any atom is 0.237 e. The van der Waals surface area contributed by atoms with Gasteiger partial charge in [0.1, 0.15) is 18.1 Å². The first-order valence-corrected chi connectivity index (χ1v) is 14.0. The zero-order valence-electron chi connectivity index (χ0n) is 22.4. The summed E-state index contributed by atoms with van der Waals surface area (Å²) in [6, 6.07) is 18.1. The molecule has 8 nitrogen and oxygen atoms in total. The Bertz CT molecular complexity index is 1480. The third kappa shape index (κ3) is 5.03. The maximum atomic E-state index is 5.70. The lowest BCUT2D eigenvalue weighted by Gasteiger charge is -2.43. The fourth-order valence-corrected chi connectivity index (χ4v) is 5.81. The van der Waals surface area contributed by atoms with Gasteiger partial charge in [0.2, 0.25) is 5.88 Å². The summed E-state index contributed by atoms with van der Waals surface area (Å²) >= 11 is 0. The molecule has 2 aromatic heterocycles. The van der Waals surface area contributed by atoms with Crippen molar-refractivity contribution in [1.82, 2.24) is 25.1 Å². The first kappa shape index (κ1) is 24.3. The molecule has 0 bridgehead atoms. The van der Waals surface area contributed by atoms with Gasteiger partial charge in [0.15, 0.2) is 0 Å². The maximum absolute atomic E-state index is 5.70. The highest BCUT2D eigenvalue weighted by Gasteiger charge is 2.27. The van der Waals surface area contributed by atoms with Crippen molar-refractivity contribution < 1.29 is 4.74 Å². The molecule has 2 saturated heterocycles. The van der Waals surface area contributed by atoms with Crippen LogP contribution in [0.25, 0.3) is 21.9 Å². The van der Waals surface area contributed by atoms with Crippen LogP contribution in [0.15, 0.2) is 60.9 Å². The minimum absolute atomic E-state index is 0.649. The van der Waals surface area contributed by atoms with Gasteiger partial charge < -0.3 is 20.7 Å². The summed E-state index contributed by atoms with van der Waals surface area (Å²) in [7, 11) is 0. The number of pyridine rings is 2. The van der Waals surface area contributed by atoms with Crippen LogP contribution in [-0.4, -0.2) is 78.2 Å². The molecule has 0 saturated carbocycles. The zero-order valence-corrected chi connectivity index (χ0v) is 22.4. The second-order valence-corrected chi connectivity index (χ2v) is 10.8. The second-order valence-electron chi connectivity index (χ2n) is 10.8. The highest BCUT2D eigenvalue weighted by atomic mass is 16.5. The van der Waals surface area contributed by atoms with Gasteiger partial charge in [-0.25, -0.2) is 9.97 Å². The number of piperazine rings is 1. The Morgan fingerprint density at radius 1 is 0.949 bits per heavy atom.